The first kappa shape index (κ1) is 20.9. The van der Waals surface area contributed by atoms with Crippen molar-refractivity contribution in [1.82, 2.24) is 19.7 Å². The van der Waals surface area contributed by atoms with Gasteiger partial charge in [0.15, 0.2) is 5.65 Å². The van der Waals surface area contributed by atoms with Crippen molar-refractivity contribution in [2.24, 2.45) is 0 Å². The van der Waals surface area contributed by atoms with E-state index < -0.39 is 0 Å². The Morgan fingerprint density at radius 3 is 2.40 bits per heavy atom. The molecule has 4 rings (SSSR count). The summed E-state index contributed by atoms with van der Waals surface area (Å²) in [6.07, 6.45) is 0.488. The highest BCUT2D eigenvalue weighted by atomic mass is 35.5. The molecule has 0 fully saturated rings. The smallest absolute Gasteiger partial charge is 0.262 e. The van der Waals surface area contributed by atoms with Crippen molar-refractivity contribution in [1.29, 1.82) is 0 Å². The van der Waals surface area contributed by atoms with Crippen molar-refractivity contribution in [3.8, 4) is 5.69 Å². The van der Waals surface area contributed by atoms with Gasteiger partial charge < -0.3 is 4.98 Å². The van der Waals surface area contributed by atoms with Crippen molar-refractivity contribution in [3.05, 3.63) is 84.5 Å². The lowest BCUT2D eigenvalue weighted by atomic mass is 10.1. The quantitative estimate of drug-likeness (QED) is 0.400. The molecule has 0 unspecified atom stereocenters. The maximum absolute atomic E-state index is 13.0. The Labute approximate surface area is 188 Å². The number of aromatic amines is 1. The number of halogens is 3. The minimum Gasteiger partial charge on any atom is -0.310 e. The SMILES string of the molecule is Cc1ccccc1Cc1nc2c(c(C(C)C)nn2-c2c(Cl)cc(Cl)cc2Cl)c(=O)[nH]1. The first-order valence-electron chi connectivity index (χ1n) is 9.47. The Balaban J connectivity index is 1.98. The summed E-state index contributed by atoms with van der Waals surface area (Å²) >= 11 is 19.0. The van der Waals surface area contributed by atoms with E-state index in [-0.39, 0.29) is 11.5 Å². The van der Waals surface area contributed by atoms with E-state index in [0.717, 1.165) is 11.1 Å². The van der Waals surface area contributed by atoms with E-state index >= 15 is 0 Å². The maximum Gasteiger partial charge on any atom is 0.262 e. The summed E-state index contributed by atoms with van der Waals surface area (Å²) in [4.78, 5) is 20.7. The van der Waals surface area contributed by atoms with E-state index in [1.165, 1.54) is 0 Å². The number of H-pyrrole nitrogens is 1. The fourth-order valence-corrected chi connectivity index (χ4v) is 4.44. The van der Waals surface area contributed by atoms with Crippen LogP contribution in [-0.4, -0.2) is 19.7 Å². The summed E-state index contributed by atoms with van der Waals surface area (Å²) in [5.74, 6) is 0.545. The van der Waals surface area contributed by atoms with Gasteiger partial charge in [-0.15, -0.1) is 0 Å². The molecule has 0 radical (unpaired) electrons. The van der Waals surface area contributed by atoms with Gasteiger partial charge in [-0.1, -0.05) is 72.9 Å². The van der Waals surface area contributed by atoms with E-state index in [1.54, 1.807) is 16.8 Å². The zero-order chi connectivity index (χ0) is 21.6. The number of aryl methyl sites for hydroxylation is 1. The molecule has 0 spiro atoms. The molecule has 4 aromatic rings. The fourth-order valence-electron chi connectivity index (χ4n) is 3.47. The van der Waals surface area contributed by atoms with E-state index in [4.69, 9.17) is 39.8 Å². The summed E-state index contributed by atoms with van der Waals surface area (Å²) in [6, 6.07) is 11.2. The molecule has 2 heterocycles. The molecule has 0 saturated carbocycles. The average Bonchev–Trinajstić information content (AvgIpc) is 3.03. The second kappa shape index (κ2) is 8.06. The van der Waals surface area contributed by atoms with Gasteiger partial charge in [-0.25, -0.2) is 9.67 Å². The molecule has 30 heavy (non-hydrogen) atoms. The van der Waals surface area contributed by atoms with Gasteiger partial charge >= 0.3 is 0 Å². The zero-order valence-corrected chi connectivity index (χ0v) is 18.9. The molecule has 5 nitrogen and oxygen atoms in total. The third-order valence-electron chi connectivity index (χ3n) is 4.97. The number of benzene rings is 2. The summed E-state index contributed by atoms with van der Waals surface area (Å²) in [6.45, 7) is 5.97. The van der Waals surface area contributed by atoms with Gasteiger partial charge in [0.25, 0.3) is 5.56 Å². The number of hydrogen-bond acceptors (Lipinski definition) is 3. The Morgan fingerprint density at radius 1 is 1.10 bits per heavy atom. The van der Waals surface area contributed by atoms with Crippen molar-refractivity contribution >= 4 is 45.8 Å². The summed E-state index contributed by atoms with van der Waals surface area (Å²) in [7, 11) is 0. The highest BCUT2D eigenvalue weighted by Crippen LogP contribution is 2.34. The van der Waals surface area contributed by atoms with Crippen LogP contribution in [0.2, 0.25) is 15.1 Å². The molecule has 2 aromatic carbocycles. The van der Waals surface area contributed by atoms with Crippen LogP contribution in [0, 0.1) is 6.92 Å². The number of nitrogens with zero attached hydrogens (tertiary/aromatic N) is 3. The van der Waals surface area contributed by atoms with Crippen LogP contribution in [0.25, 0.3) is 16.7 Å². The molecule has 0 saturated heterocycles. The van der Waals surface area contributed by atoms with Gasteiger partial charge in [0.2, 0.25) is 0 Å². The highest BCUT2D eigenvalue weighted by molar-refractivity contribution is 6.40. The zero-order valence-electron chi connectivity index (χ0n) is 16.6. The Kier molecular flexibility index (Phi) is 5.62. The molecule has 8 heteroatoms. The third-order valence-corrected chi connectivity index (χ3v) is 5.77. The number of fused-ring (bicyclic) bond motifs is 1. The molecule has 0 aliphatic heterocycles. The van der Waals surface area contributed by atoms with Gasteiger partial charge in [0, 0.05) is 11.4 Å². The van der Waals surface area contributed by atoms with Crippen molar-refractivity contribution in [3.63, 3.8) is 0 Å². The third kappa shape index (κ3) is 3.73. The Morgan fingerprint density at radius 2 is 1.77 bits per heavy atom. The summed E-state index contributed by atoms with van der Waals surface area (Å²) in [5, 5.41) is 6.16. The second-order valence-electron chi connectivity index (χ2n) is 7.48. The van der Waals surface area contributed by atoms with Gasteiger partial charge in [-0.05, 0) is 36.1 Å². The van der Waals surface area contributed by atoms with Gasteiger partial charge in [-0.2, -0.15) is 5.10 Å². The molecule has 154 valence electrons. The predicted octanol–water partition coefficient (Wildman–Crippen LogP) is 6.09. The monoisotopic (exact) mass is 460 g/mol. The van der Waals surface area contributed by atoms with Crippen LogP contribution in [0.3, 0.4) is 0 Å². The van der Waals surface area contributed by atoms with E-state index in [9.17, 15) is 4.79 Å². The molecule has 1 N–H and O–H groups in total. The first-order chi connectivity index (χ1) is 14.3. The van der Waals surface area contributed by atoms with Gasteiger partial charge in [0.1, 0.15) is 16.9 Å². The number of aromatic nitrogens is 4. The van der Waals surface area contributed by atoms with E-state index in [2.05, 4.69) is 10.1 Å². The van der Waals surface area contributed by atoms with E-state index in [0.29, 0.717) is 49.7 Å². The number of nitrogens with one attached hydrogen (secondary N) is 1. The van der Waals surface area contributed by atoms with E-state index in [1.807, 2.05) is 45.0 Å². The molecule has 0 atom stereocenters. The molecular formula is C22H19Cl3N4O. The molecule has 0 aliphatic carbocycles. The van der Waals surface area contributed by atoms with Crippen molar-refractivity contribution in [2.75, 3.05) is 0 Å². The van der Waals surface area contributed by atoms with Crippen LogP contribution in [0.5, 0.6) is 0 Å². The van der Waals surface area contributed by atoms with Crippen LogP contribution in [0.1, 0.15) is 42.4 Å². The first-order valence-corrected chi connectivity index (χ1v) is 10.6. The standard InChI is InChI=1S/C22H19Cl3N4O/c1-11(2)19-18-21(29(28-19)20-15(24)9-14(23)10-16(20)25)26-17(27-22(18)30)8-13-7-5-4-6-12(13)3/h4-7,9-11H,8H2,1-3H3,(H,26,27,30). The number of hydrogen-bond donors (Lipinski definition) is 1. The van der Waals surface area contributed by atoms with Gasteiger partial charge in [-0.3, -0.25) is 4.79 Å². The van der Waals surface area contributed by atoms with Crippen LogP contribution >= 0.6 is 34.8 Å². The minimum absolute atomic E-state index is 0.00344. The van der Waals surface area contributed by atoms with Crippen LogP contribution < -0.4 is 5.56 Å². The lowest BCUT2D eigenvalue weighted by Crippen LogP contribution is -2.14. The largest absolute Gasteiger partial charge is 0.310 e. The summed E-state index contributed by atoms with van der Waals surface area (Å²) < 4.78 is 1.54. The maximum atomic E-state index is 13.0. The predicted molar refractivity (Wildman–Crippen MR) is 123 cm³/mol. The molecule has 0 aliphatic rings. The lowest BCUT2D eigenvalue weighted by Gasteiger charge is -2.10. The second-order valence-corrected chi connectivity index (χ2v) is 8.74. The molecule has 2 aromatic heterocycles. The van der Waals surface area contributed by atoms with Crippen LogP contribution in [0.4, 0.5) is 0 Å². The Hall–Kier alpha value is -2.34. The van der Waals surface area contributed by atoms with Gasteiger partial charge in [0.05, 0.1) is 15.7 Å². The van der Waals surface area contributed by atoms with Crippen LogP contribution in [-0.2, 0) is 6.42 Å². The molecule has 0 amide bonds. The number of rotatable bonds is 4. The molecule has 0 bridgehead atoms. The van der Waals surface area contributed by atoms with Crippen molar-refractivity contribution < 1.29 is 0 Å². The Bertz CT molecular complexity index is 1300. The highest BCUT2D eigenvalue weighted by Gasteiger charge is 2.23. The van der Waals surface area contributed by atoms with Crippen molar-refractivity contribution in [2.45, 2.75) is 33.1 Å². The van der Waals surface area contributed by atoms with Crippen LogP contribution in [0.15, 0.2) is 41.2 Å². The molecular weight excluding hydrogens is 443 g/mol. The average molecular weight is 462 g/mol. The minimum atomic E-state index is -0.236. The summed E-state index contributed by atoms with van der Waals surface area (Å²) in [5.41, 5.74) is 3.46. The topological polar surface area (TPSA) is 63.6 Å². The lowest BCUT2D eigenvalue weighted by molar-refractivity contribution is 0.776. The fraction of sp³-hybridized carbons (Fsp3) is 0.227. The normalized spacial score (nSPS) is 11.6.